The highest BCUT2D eigenvalue weighted by atomic mass is 32.1. The van der Waals surface area contributed by atoms with Crippen LogP contribution >= 0.6 is 11.3 Å². The largest absolute Gasteiger partial charge is 0.328 e. The lowest BCUT2D eigenvalue weighted by Gasteiger charge is -2.20. The molecule has 0 spiro atoms. The van der Waals surface area contributed by atoms with Gasteiger partial charge in [-0.2, -0.15) is 5.10 Å². The number of amides is 1. The zero-order valence-corrected chi connectivity index (χ0v) is 14.1. The van der Waals surface area contributed by atoms with Gasteiger partial charge in [-0.3, -0.25) is 9.59 Å². The molecule has 0 aliphatic carbocycles. The van der Waals surface area contributed by atoms with Crippen molar-refractivity contribution in [2.24, 2.45) is 0 Å². The van der Waals surface area contributed by atoms with Gasteiger partial charge in [0, 0.05) is 24.0 Å². The molecule has 0 atom stereocenters. The molecule has 0 aromatic carbocycles. The molecule has 122 valence electrons. The first-order valence-electron chi connectivity index (χ1n) is 7.66. The first-order valence-corrected chi connectivity index (χ1v) is 8.54. The van der Waals surface area contributed by atoms with E-state index in [0.29, 0.717) is 25.3 Å². The van der Waals surface area contributed by atoms with Crippen molar-refractivity contribution in [3.8, 4) is 0 Å². The summed E-state index contributed by atoms with van der Waals surface area (Å²) < 4.78 is 1.37. The van der Waals surface area contributed by atoms with Crippen LogP contribution < -0.4 is 5.56 Å². The van der Waals surface area contributed by atoms with Gasteiger partial charge in [0.05, 0.1) is 6.54 Å². The topological polar surface area (TPSA) is 55.2 Å². The van der Waals surface area contributed by atoms with Crippen molar-refractivity contribution in [2.75, 3.05) is 6.54 Å². The predicted molar refractivity (Wildman–Crippen MR) is 92.7 cm³/mol. The number of hydrogen-bond acceptors (Lipinski definition) is 4. The molecule has 2 heterocycles. The summed E-state index contributed by atoms with van der Waals surface area (Å²) in [7, 11) is 0. The Morgan fingerprint density at radius 1 is 1.43 bits per heavy atom. The summed E-state index contributed by atoms with van der Waals surface area (Å²) >= 11 is 1.60. The van der Waals surface area contributed by atoms with Gasteiger partial charge in [-0.15, -0.1) is 17.9 Å². The molecule has 1 amide bonds. The van der Waals surface area contributed by atoms with Crippen molar-refractivity contribution < 1.29 is 4.79 Å². The van der Waals surface area contributed by atoms with Crippen LogP contribution in [0.25, 0.3) is 0 Å². The number of hydrogen-bond donors (Lipinski definition) is 0. The smallest absolute Gasteiger partial charge is 0.274 e. The Hall–Kier alpha value is -2.21. The van der Waals surface area contributed by atoms with Crippen LogP contribution in [0.1, 0.15) is 35.1 Å². The van der Waals surface area contributed by atoms with Crippen molar-refractivity contribution >= 4 is 17.2 Å². The fourth-order valence-corrected chi connectivity index (χ4v) is 2.88. The molecule has 23 heavy (non-hydrogen) atoms. The first-order chi connectivity index (χ1) is 11.2. The zero-order valence-electron chi connectivity index (χ0n) is 13.3. The summed E-state index contributed by atoms with van der Waals surface area (Å²) in [4.78, 5) is 27.3. The van der Waals surface area contributed by atoms with Gasteiger partial charge in [0.2, 0.25) is 0 Å². The number of thiophene rings is 1. The molecule has 0 aliphatic heterocycles. The average Bonchev–Trinajstić information content (AvgIpc) is 3.06. The molecule has 0 saturated carbocycles. The van der Waals surface area contributed by atoms with E-state index < -0.39 is 0 Å². The van der Waals surface area contributed by atoms with E-state index >= 15 is 0 Å². The molecule has 2 aromatic heterocycles. The molecule has 0 fully saturated rings. The minimum Gasteiger partial charge on any atom is -0.328 e. The van der Waals surface area contributed by atoms with Crippen molar-refractivity contribution in [2.45, 2.75) is 32.9 Å². The number of unbranched alkanes of at least 4 members (excludes halogenated alkanes) is 1. The molecule has 0 N–H and O–H groups in total. The molecule has 0 aliphatic rings. The van der Waals surface area contributed by atoms with Gasteiger partial charge in [-0.05, 0) is 23.9 Å². The van der Waals surface area contributed by atoms with Gasteiger partial charge >= 0.3 is 0 Å². The van der Waals surface area contributed by atoms with Gasteiger partial charge in [0.1, 0.15) is 5.69 Å². The third-order valence-electron chi connectivity index (χ3n) is 3.37. The van der Waals surface area contributed by atoms with Crippen LogP contribution in [-0.2, 0) is 13.1 Å². The van der Waals surface area contributed by atoms with Crippen LogP contribution in [0.5, 0.6) is 0 Å². The number of nitrogens with zero attached hydrogens (tertiary/aromatic N) is 3. The van der Waals surface area contributed by atoms with E-state index in [4.69, 9.17) is 0 Å². The van der Waals surface area contributed by atoms with Crippen LogP contribution in [0, 0.1) is 0 Å². The molecule has 0 unspecified atom stereocenters. The third-order valence-corrected chi connectivity index (χ3v) is 4.23. The lowest BCUT2D eigenvalue weighted by Crippen LogP contribution is -2.33. The summed E-state index contributed by atoms with van der Waals surface area (Å²) in [6.07, 6.45) is 3.52. The highest BCUT2D eigenvalue weighted by Gasteiger charge is 2.18. The van der Waals surface area contributed by atoms with Gasteiger partial charge in [-0.1, -0.05) is 25.5 Å². The highest BCUT2D eigenvalue weighted by molar-refractivity contribution is 7.09. The second-order valence-corrected chi connectivity index (χ2v) is 6.22. The molecule has 0 bridgehead atoms. The number of carbonyl (C=O) groups is 1. The van der Waals surface area contributed by atoms with Gasteiger partial charge < -0.3 is 4.90 Å². The summed E-state index contributed by atoms with van der Waals surface area (Å²) in [5.74, 6) is -0.191. The molecule has 2 aromatic rings. The molecule has 2 rings (SSSR count). The molecule has 0 saturated heterocycles. The quantitative estimate of drug-likeness (QED) is 0.699. The van der Waals surface area contributed by atoms with Crippen LogP contribution in [0.4, 0.5) is 0 Å². The predicted octanol–water partition coefficient (Wildman–Crippen LogP) is 2.93. The SMILES string of the molecule is C=CCN(Cc1cccs1)C(=O)c1ccc(=O)n(CCCC)n1. The van der Waals surface area contributed by atoms with E-state index in [-0.39, 0.29) is 11.5 Å². The van der Waals surface area contributed by atoms with E-state index in [0.717, 1.165) is 17.7 Å². The van der Waals surface area contributed by atoms with Crippen LogP contribution in [0.3, 0.4) is 0 Å². The fourth-order valence-electron chi connectivity index (χ4n) is 2.16. The molecular formula is C17H21N3O2S. The second kappa shape index (κ2) is 8.43. The van der Waals surface area contributed by atoms with E-state index in [1.807, 2.05) is 24.4 Å². The number of aryl methyl sites for hydroxylation is 1. The fraction of sp³-hybridized carbons (Fsp3) is 0.353. The Morgan fingerprint density at radius 3 is 2.91 bits per heavy atom. The van der Waals surface area contributed by atoms with Crippen molar-refractivity contribution in [3.63, 3.8) is 0 Å². The van der Waals surface area contributed by atoms with Gasteiger partial charge in [0.25, 0.3) is 11.5 Å². The van der Waals surface area contributed by atoms with E-state index in [2.05, 4.69) is 11.7 Å². The summed E-state index contributed by atoms with van der Waals surface area (Å²) in [6, 6.07) is 6.86. The normalized spacial score (nSPS) is 10.5. The summed E-state index contributed by atoms with van der Waals surface area (Å²) in [5, 5.41) is 6.21. The maximum absolute atomic E-state index is 12.7. The third kappa shape index (κ3) is 4.63. The lowest BCUT2D eigenvalue weighted by atomic mass is 10.3. The molecular weight excluding hydrogens is 310 g/mol. The minimum atomic E-state index is -0.191. The average molecular weight is 331 g/mol. The zero-order chi connectivity index (χ0) is 16.7. The van der Waals surface area contributed by atoms with E-state index in [1.165, 1.54) is 16.8 Å². The van der Waals surface area contributed by atoms with Crippen LogP contribution in [0.15, 0.2) is 47.1 Å². The highest BCUT2D eigenvalue weighted by Crippen LogP contribution is 2.13. The standard InChI is InChI=1S/C17H21N3O2S/c1-3-5-11-20-16(21)9-8-15(18-20)17(22)19(10-4-2)13-14-7-6-12-23-14/h4,6-9,12H,2-3,5,10-11,13H2,1H3. The number of rotatable bonds is 8. The van der Waals surface area contributed by atoms with E-state index in [9.17, 15) is 9.59 Å². The lowest BCUT2D eigenvalue weighted by molar-refractivity contribution is 0.0755. The Morgan fingerprint density at radius 2 is 2.26 bits per heavy atom. The van der Waals surface area contributed by atoms with Crippen LogP contribution in [0.2, 0.25) is 0 Å². The number of carbonyl (C=O) groups excluding carboxylic acids is 1. The van der Waals surface area contributed by atoms with Crippen molar-refractivity contribution in [3.05, 3.63) is 63.2 Å². The van der Waals surface area contributed by atoms with Gasteiger partial charge in [0.15, 0.2) is 0 Å². The Labute approximate surface area is 139 Å². The molecule has 5 nitrogen and oxygen atoms in total. The second-order valence-electron chi connectivity index (χ2n) is 5.19. The minimum absolute atomic E-state index is 0.177. The monoisotopic (exact) mass is 331 g/mol. The van der Waals surface area contributed by atoms with Gasteiger partial charge in [-0.25, -0.2) is 4.68 Å². The molecule has 6 heteroatoms. The Kier molecular flexibility index (Phi) is 6.29. The molecule has 0 radical (unpaired) electrons. The maximum Gasteiger partial charge on any atom is 0.274 e. The summed E-state index contributed by atoms with van der Waals surface area (Å²) in [6.45, 7) is 7.24. The Bertz CT molecular complexity index is 707. The maximum atomic E-state index is 12.7. The van der Waals surface area contributed by atoms with Crippen molar-refractivity contribution in [1.29, 1.82) is 0 Å². The summed E-state index contributed by atoms with van der Waals surface area (Å²) in [5.41, 5.74) is 0.114. The Balaban J connectivity index is 2.21. The van der Waals surface area contributed by atoms with Crippen molar-refractivity contribution in [1.82, 2.24) is 14.7 Å². The number of aromatic nitrogens is 2. The van der Waals surface area contributed by atoms with Crippen LogP contribution in [-0.4, -0.2) is 27.1 Å². The first kappa shape index (κ1) is 17.1. The van der Waals surface area contributed by atoms with E-state index in [1.54, 1.807) is 22.3 Å².